The van der Waals surface area contributed by atoms with Gasteiger partial charge >= 0.3 is 0 Å². The molecule has 0 spiro atoms. The molecule has 2 aliphatic rings. The molecule has 2 rings (SSSR count). The fourth-order valence-electron chi connectivity index (χ4n) is 3.58. The summed E-state index contributed by atoms with van der Waals surface area (Å²) in [7, 11) is 0. The quantitative estimate of drug-likeness (QED) is 0.698. The molecule has 0 unspecified atom stereocenters. The van der Waals surface area contributed by atoms with Crippen molar-refractivity contribution in [2.75, 3.05) is 0 Å². The molecule has 0 aromatic carbocycles. The van der Waals surface area contributed by atoms with E-state index in [-0.39, 0.29) is 17.4 Å². The zero-order valence-electron chi connectivity index (χ0n) is 8.96. The lowest BCUT2D eigenvalue weighted by atomic mass is 9.57. The molecular weight excluding hydrogens is 176 g/mol. The van der Waals surface area contributed by atoms with Crippen molar-refractivity contribution in [3.05, 3.63) is 0 Å². The molecule has 2 aliphatic carbocycles. The zero-order valence-corrected chi connectivity index (χ0v) is 8.96. The second kappa shape index (κ2) is 3.65. The molecule has 1 N–H and O–H groups in total. The molecule has 0 saturated heterocycles. The maximum Gasteiger partial charge on any atom is 0.136 e. The minimum Gasteiger partial charge on any atom is -0.393 e. The molecule has 0 aliphatic heterocycles. The molecule has 0 heterocycles. The monoisotopic (exact) mass is 196 g/mol. The third-order valence-electron chi connectivity index (χ3n) is 4.39. The molecule has 0 aromatic heterocycles. The highest BCUT2D eigenvalue weighted by Crippen LogP contribution is 2.50. The number of ketones is 1. The molecule has 2 saturated carbocycles. The van der Waals surface area contributed by atoms with Crippen LogP contribution in [0.5, 0.6) is 0 Å². The lowest BCUT2D eigenvalue weighted by Gasteiger charge is -2.48. The van der Waals surface area contributed by atoms with Crippen molar-refractivity contribution in [2.45, 2.75) is 58.0 Å². The molecule has 0 bridgehead atoms. The Kier molecular flexibility index (Phi) is 2.65. The number of fused-ring (bicyclic) bond motifs is 1. The van der Waals surface area contributed by atoms with Gasteiger partial charge in [0.15, 0.2) is 0 Å². The molecule has 80 valence electrons. The third kappa shape index (κ3) is 1.40. The molecule has 2 fully saturated rings. The Morgan fingerprint density at radius 2 is 1.93 bits per heavy atom. The molecular formula is C12H20O2. The summed E-state index contributed by atoms with van der Waals surface area (Å²) >= 11 is 0. The lowest BCUT2D eigenvalue weighted by Crippen LogP contribution is -2.48. The average molecular weight is 196 g/mol. The smallest absolute Gasteiger partial charge is 0.136 e. The Hall–Kier alpha value is -0.370. The first-order chi connectivity index (χ1) is 6.67. The van der Waals surface area contributed by atoms with Gasteiger partial charge in [-0.15, -0.1) is 0 Å². The van der Waals surface area contributed by atoms with E-state index in [1.807, 2.05) is 0 Å². The molecule has 3 atom stereocenters. The number of Topliss-reactive ketones (excluding diaryl/α,β-unsaturated/α-hetero) is 1. The predicted molar refractivity (Wildman–Crippen MR) is 54.9 cm³/mol. The second-order valence-electron chi connectivity index (χ2n) is 5.02. The Morgan fingerprint density at radius 1 is 1.21 bits per heavy atom. The minimum absolute atomic E-state index is 0.143. The SMILES string of the molecule is CC(=O)[C@@]12CCCC[C@H]1[C@H](O)CCC2. The molecule has 0 radical (unpaired) electrons. The van der Waals surface area contributed by atoms with E-state index in [1.54, 1.807) is 6.92 Å². The van der Waals surface area contributed by atoms with Gasteiger partial charge < -0.3 is 5.11 Å². The van der Waals surface area contributed by atoms with Crippen LogP contribution in [0.15, 0.2) is 0 Å². The van der Waals surface area contributed by atoms with Crippen LogP contribution >= 0.6 is 0 Å². The van der Waals surface area contributed by atoms with E-state index >= 15 is 0 Å². The van der Waals surface area contributed by atoms with Gasteiger partial charge in [0.1, 0.15) is 5.78 Å². The Bertz CT molecular complexity index is 232. The van der Waals surface area contributed by atoms with Crippen molar-refractivity contribution in [3.8, 4) is 0 Å². The second-order valence-corrected chi connectivity index (χ2v) is 5.02. The van der Waals surface area contributed by atoms with Crippen LogP contribution in [0.3, 0.4) is 0 Å². The first kappa shape index (κ1) is 10.2. The summed E-state index contributed by atoms with van der Waals surface area (Å²) in [6, 6.07) is 0. The molecule has 2 nitrogen and oxygen atoms in total. The summed E-state index contributed by atoms with van der Waals surface area (Å²) in [4.78, 5) is 11.8. The van der Waals surface area contributed by atoms with E-state index < -0.39 is 0 Å². The third-order valence-corrected chi connectivity index (χ3v) is 4.39. The van der Waals surface area contributed by atoms with Crippen molar-refractivity contribution in [1.82, 2.24) is 0 Å². The van der Waals surface area contributed by atoms with Crippen LogP contribution in [0.1, 0.15) is 51.9 Å². The summed E-state index contributed by atoms with van der Waals surface area (Å²) in [6.07, 6.45) is 7.17. The van der Waals surface area contributed by atoms with Gasteiger partial charge in [-0.25, -0.2) is 0 Å². The van der Waals surface area contributed by atoms with Crippen molar-refractivity contribution in [3.63, 3.8) is 0 Å². The standard InChI is InChI=1S/C12H20O2/c1-9(13)12-7-3-2-5-10(12)11(14)6-4-8-12/h10-11,14H,2-8H2,1H3/t10-,11+,12-/m0/s1. The number of hydrogen-bond acceptors (Lipinski definition) is 2. The highest BCUT2D eigenvalue weighted by Gasteiger charge is 2.49. The van der Waals surface area contributed by atoms with E-state index in [9.17, 15) is 9.90 Å². The number of carbonyl (C=O) groups excluding carboxylic acids is 1. The van der Waals surface area contributed by atoms with E-state index in [0.29, 0.717) is 5.78 Å². The number of hydrogen-bond donors (Lipinski definition) is 1. The van der Waals surface area contributed by atoms with Crippen molar-refractivity contribution >= 4 is 5.78 Å². The predicted octanol–water partition coefficient (Wildman–Crippen LogP) is 2.30. The van der Waals surface area contributed by atoms with E-state index in [2.05, 4.69) is 0 Å². The van der Waals surface area contributed by atoms with Gasteiger partial charge in [-0.05, 0) is 44.9 Å². The van der Waals surface area contributed by atoms with Gasteiger partial charge in [0, 0.05) is 5.41 Å². The summed E-state index contributed by atoms with van der Waals surface area (Å²) in [6.45, 7) is 1.72. The minimum atomic E-state index is -0.215. The van der Waals surface area contributed by atoms with Crippen molar-refractivity contribution in [1.29, 1.82) is 0 Å². The number of rotatable bonds is 1. The van der Waals surface area contributed by atoms with Crippen LogP contribution in [0, 0.1) is 11.3 Å². The molecule has 2 heteroatoms. The summed E-state index contributed by atoms with van der Waals surface area (Å²) < 4.78 is 0. The van der Waals surface area contributed by atoms with Crippen LogP contribution in [0.2, 0.25) is 0 Å². The maximum atomic E-state index is 11.8. The first-order valence-electron chi connectivity index (χ1n) is 5.86. The Labute approximate surface area is 85.7 Å². The maximum absolute atomic E-state index is 11.8. The number of aliphatic hydroxyl groups is 1. The molecule has 0 aromatic rings. The van der Waals surface area contributed by atoms with Gasteiger partial charge in [-0.1, -0.05) is 12.8 Å². The van der Waals surface area contributed by atoms with E-state index in [4.69, 9.17) is 0 Å². The van der Waals surface area contributed by atoms with Gasteiger partial charge in [0.05, 0.1) is 6.10 Å². The molecule has 14 heavy (non-hydrogen) atoms. The van der Waals surface area contributed by atoms with Crippen LogP contribution < -0.4 is 0 Å². The first-order valence-corrected chi connectivity index (χ1v) is 5.86. The molecule has 0 amide bonds. The van der Waals surface area contributed by atoms with Gasteiger partial charge in [-0.2, -0.15) is 0 Å². The lowest BCUT2D eigenvalue weighted by molar-refractivity contribution is -0.141. The largest absolute Gasteiger partial charge is 0.393 e. The van der Waals surface area contributed by atoms with Crippen molar-refractivity contribution < 1.29 is 9.90 Å². The van der Waals surface area contributed by atoms with E-state index in [1.165, 1.54) is 12.8 Å². The average Bonchev–Trinajstić information content (AvgIpc) is 2.18. The Balaban J connectivity index is 2.26. The highest BCUT2D eigenvalue weighted by molar-refractivity contribution is 5.83. The van der Waals surface area contributed by atoms with Crippen LogP contribution in [0.4, 0.5) is 0 Å². The van der Waals surface area contributed by atoms with Crippen LogP contribution in [0.25, 0.3) is 0 Å². The fourth-order valence-corrected chi connectivity index (χ4v) is 3.58. The number of aliphatic hydroxyl groups excluding tert-OH is 1. The van der Waals surface area contributed by atoms with Crippen LogP contribution in [-0.4, -0.2) is 17.0 Å². The van der Waals surface area contributed by atoms with Gasteiger partial charge in [0.2, 0.25) is 0 Å². The normalized spacial score (nSPS) is 43.0. The fraction of sp³-hybridized carbons (Fsp3) is 0.917. The van der Waals surface area contributed by atoms with Gasteiger partial charge in [0.25, 0.3) is 0 Å². The summed E-state index contributed by atoms with van der Waals surface area (Å²) in [5.41, 5.74) is -0.143. The van der Waals surface area contributed by atoms with E-state index in [0.717, 1.165) is 32.1 Å². The topological polar surface area (TPSA) is 37.3 Å². The van der Waals surface area contributed by atoms with Gasteiger partial charge in [-0.3, -0.25) is 4.79 Å². The summed E-state index contributed by atoms with van der Waals surface area (Å²) in [5, 5.41) is 9.97. The van der Waals surface area contributed by atoms with Crippen molar-refractivity contribution in [2.24, 2.45) is 11.3 Å². The Morgan fingerprint density at radius 3 is 2.57 bits per heavy atom. The highest BCUT2D eigenvalue weighted by atomic mass is 16.3. The van der Waals surface area contributed by atoms with Crippen LogP contribution in [-0.2, 0) is 4.79 Å². The zero-order chi connectivity index (χ0) is 10.2. The summed E-state index contributed by atoms with van der Waals surface area (Å²) in [5.74, 6) is 0.587. The number of carbonyl (C=O) groups is 1.